The predicted octanol–water partition coefficient (Wildman–Crippen LogP) is 2.82. The number of thiazole rings is 1. The van der Waals surface area contributed by atoms with Crippen LogP contribution in [0.4, 0.5) is 8.78 Å². The SMILES string of the molecule is Cc1ccc(/C=c2\sc(=C(C#N)C#N)n(-c3ccc(F)cc3F)c2=O)c(C)c1. The molecule has 0 unspecified atom stereocenters. The summed E-state index contributed by atoms with van der Waals surface area (Å²) in [6, 6.07) is 11.9. The largest absolute Gasteiger partial charge is 0.273 e. The van der Waals surface area contributed by atoms with Crippen LogP contribution in [-0.2, 0) is 0 Å². The summed E-state index contributed by atoms with van der Waals surface area (Å²) in [5, 5.41) is 18.5. The molecule has 0 aliphatic rings. The Balaban J connectivity index is 2.43. The molecule has 4 nitrogen and oxygen atoms in total. The number of hydrogen-bond donors (Lipinski definition) is 0. The Morgan fingerprint density at radius 3 is 2.43 bits per heavy atom. The van der Waals surface area contributed by atoms with Crippen molar-refractivity contribution in [2.24, 2.45) is 0 Å². The molecule has 3 aromatic rings. The van der Waals surface area contributed by atoms with Gasteiger partial charge >= 0.3 is 0 Å². The van der Waals surface area contributed by atoms with E-state index in [0.717, 1.165) is 44.7 Å². The van der Waals surface area contributed by atoms with Gasteiger partial charge in [-0.15, -0.1) is 11.3 Å². The number of aromatic nitrogens is 1. The van der Waals surface area contributed by atoms with Crippen LogP contribution in [0, 0.1) is 48.1 Å². The number of hydrogen-bond acceptors (Lipinski definition) is 4. The second kappa shape index (κ2) is 7.59. The van der Waals surface area contributed by atoms with Crippen molar-refractivity contribution in [3.05, 3.63) is 84.3 Å². The van der Waals surface area contributed by atoms with Crippen LogP contribution >= 0.6 is 11.3 Å². The molecule has 0 saturated heterocycles. The van der Waals surface area contributed by atoms with Crippen molar-refractivity contribution in [2.45, 2.75) is 13.8 Å². The minimum atomic E-state index is -0.963. The molecule has 0 atom stereocenters. The molecule has 138 valence electrons. The van der Waals surface area contributed by atoms with Gasteiger partial charge in [0.2, 0.25) is 0 Å². The van der Waals surface area contributed by atoms with E-state index in [0.29, 0.717) is 6.07 Å². The van der Waals surface area contributed by atoms with Gasteiger partial charge in [-0.2, -0.15) is 10.5 Å². The van der Waals surface area contributed by atoms with Crippen molar-refractivity contribution in [2.75, 3.05) is 0 Å². The topological polar surface area (TPSA) is 69.6 Å². The van der Waals surface area contributed by atoms with E-state index in [4.69, 9.17) is 0 Å². The molecular formula is C21H13F2N3OS. The zero-order valence-corrected chi connectivity index (χ0v) is 15.8. The standard InChI is InChI=1S/C21H13F2N3OS/c1-12-3-4-14(13(2)7-12)8-19-20(27)26(21(28-19)15(10-24)11-25)18-6-5-16(22)9-17(18)23/h3-9H,1-2H3/b19-8-. The summed E-state index contributed by atoms with van der Waals surface area (Å²) >= 11 is 0.911. The lowest BCUT2D eigenvalue weighted by Crippen LogP contribution is -2.31. The number of benzene rings is 2. The van der Waals surface area contributed by atoms with Crippen LogP contribution in [0.5, 0.6) is 0 Å². The number of halogens is 2. The van der Waals surface area contributed by atoms with Crippen molar-refractivity contribution in [1.29, 1.82) is 10.5 Å². The third kappa shape index (κ3) is 3.48. The second-order valence-electron chi connectivity index (χ2n) is 6.11. The van der Waals surface area contributed by atoms with Crippen LogP contribution in [0.15, 0.2) is 41.2 Å². The van der Waals surface area contributed by atoms with Crippen molar-refractivity contribution in [3.63, 3.8) is 0 Å². The number of nitriles is 2. The van der Waals surface area contributed by atoms with Gasteiger partial charge in [-0.1, -0.05) is 23.8 Å². The first-order chi connectivity index (χ1) is 13.3. The number of aryl methyl sites for hydroxylation is 2. The molecule has 0 aliphatic carbocycles. The van der Waals surface area contributed by atoms with Gasteiger partial charge in [-0.3, -0.25) is 9.36 Å². The van der Waals surface area contributed by atoms with Gasteiger partial charge in [0.1, 0.15) is 28.4 Å². The molecule has 2 aromatic carbocycles. The van der Waals surface area contributed by atoms with E-state index in [1.807, 2.05) is 32.0 Å². The molecule has 28 heavy (non-hydrogen) atoms. The molecule has 0 aliphatic heterocycles. The average molecular weight is 393 g/mol. The average Bonchev–Trinajstić information content (AvgIpc) is 2.95. The summed E-state index contributed by atoms with van der Waals surface area (Å²) in [5.74, 6) is -1.76. The fourth-order valence-electron chi connectivity index (χ4n) is 2.78. The van der Waals surface area contributed by atoms with Gasteiger partial charge in [0, 0.05) is 6.07 Å². The maximum Gasteiger partial charge on any atom is 0.273 e. The summed E-state index contributed by atoms with van der Waals surface area (Å²) in [7, 11) is 0. The molecule has 3 rings (SSSR count). The van der Waals surface area contributed by atoms with Crippen LogP contribution < -0.4 is 14.8 Å². The monoisotopic (exact) mass is 393 g/mol. The van der Waals surface area contributed by atoms with E-state index in [9.17, 15) is 24.1 Å². The molecule has 1 aromatic heterocycles. The lowest BCUT2D eigenvalue weighted by Gasteiger charge is -2.04. The Labute approximate surface area is 163 Å². The Hall–Kier alpha value is -3.55. The third-order valence-corrected chi connectivity index (χ3v) is 5.22. The van der Waals surface area contributed by atoms with Crippen LogP contribution in [0.2, 0.25) is 0 Å². The van der Waals surface area contributed by atoms with Crippen LogP contribution in [0.3, 0.4) is 0 Å². The maximum absolute atomic E-state index is 14.3. The molecule has 0 N–H and O–H groups in total. The van der Waals surface area contributed by atoms with E-state index in [1.165, 1.54) is 0 Å². The fraction of sp³-hybridized carbons (Fsp3) is 0.0952. The second-order valence-corrected chi connectivity index (χ2v) is 7.14. The predicted molar refractivity (Wildman–Crippen MR) is 103 cm³/mol. The van der Waals surface area contributed by atoms with Gasteiger partial charge < -0.3 is 0 Å². The van der Waals surface area contributed by atoms with Gasteiger partial charge in [-0.25, -0.2) is 8.78 Å². The summed E-state index contributed by atoms with van der Waals surface area (Å²) in [6.07, 6.45) is 1.63. The minimum Gasteiger partial charge on any atom is -0.267 e. The molecular weight excluding hydrogens is 380 g/mol. The lowest BCUT2D eigenvalue weighted by atomic mass is 10.1. The van der Waals surface area contributed by atoms with Crippen LogP contribution in [0.1, 0.15) is 16.7 Å². The number of nitrogens with zero attached hydrogens (tertiary/aromatic N) is 3. The highest BCUT2D eigenvalue weighted by Crippen LogP contribution is 2.13. The maximum atomic E-state index is 14.3. The van der Waals surface area contributed by atoms with E-state index in [1.54, 1.807) is 18.2 Å². The van der Waals surface area contributed by atoms with Gasteiger partial charge in [0.15, 0.2) is 5.57 Å². The van der Waals surface area contributed by atoms with Gasteiger partial charge in [0.05, 0.1) is 10.2 Å². The Bertz CT molecular complexity index is 1340. The zero-order valence-electron chi connectivity index (χ0n) is 15.0. The third-order valence-electron chi connectivity index (χ3n) is 4.12. The highest BCUT2D eigenvalue weighted by molar-refractivity contribution is 7.07. The van der Waals surface area contributed by atoms with E-state index in [-0.39, 0.29) is 20.5 Å². The van der Waals surface area contributed by atoms with Crippen molar-refractivity contribution >= 4 is 23.0 Å². The first kappa shape index (κ1) is 19.2. The summed E-state index contributed by atoms with van der Waals surface area (Å²) in [4.78, 5) is 13.0. The zero-order chi connectivity index (χ0) is 20.4. The van der Waals surface area contributed by atoms with Crippen LogP contribution in [-0.4, -0.2) is 4.57 Å². The van der Waals surface area contributed by atoms with Crippen molar-refractivity contribution in [3.8, 4) is 17.8 Å². The molecule has 1 heterocycles. The molecule has 0 spiro atoms. The van der Waals surface area contributed by atoms with E-state index < -0.39 is 17.2 Å². The first-order valence-electron chi connectivity index (χ1n) is 8.16. The molecule has 7 heteroatoms. The van der Waals surface area contributed by atoms with Crippen LogP contribution in [0.25, 0.3) is 17.3 Å². The van der Waals surface area contributed by atoms with E-state index >= 15 is 0 Å². The molecule has 0 amide bonds. The Kier molecular flexibility index (Phi) is 5.21. The summed E-state index contributed by atoms with van der Waals surface area (Å²) in [6.45, 7) is 3.85. The summed E-state index contributed by atoms with van der Waals surface area (Å²) < 4.78 is 28.8. The van der Waals surface area contributed by atoms with E-state index in [2.05, 4.69) is 0 Å². The first-order valence-corrected chi connectivity index (χ1v) is 8.98. The quantitative estimate of drug-likeness (QED) is 0.672. The highest BCUT2D eigenvalue weighted by atomic mass is 32.1. The Morgan fingerprint density at radius 2 is 1.82 bits per heavy atom. The Morgan fingerprint density at radius 1 is 1.11 bits per heavy atom. The van der Waals surface area contributed by atoms with Gasteiger partial charge in [-0.05, 0) is 43.2 Å². The minimum absolute atomic E-state index is 0.00322. The lowest BCUT2D eigenvalue weighted by molar-refractivity contribution is 0.576. The highest BCUT2D eigenvalue weighted by Gasteiger charge is 2.15. The number of rotatable bonds is 2. The molecule has 0 radical (unpaired) electrons. The smallest absolute Gasteiger partial charge is 0.267 e. The van der Waals surface area contributed by atoms with Crippen molar-refractivity contribution in [1.82, 2.24) is 4.57 Å². The molecule has 0 saturated carbocycles. The molecule has 0 bridgehead atoms. The van der Waals surface area contributed by atoms with Crippen molar-refractivity contribution < 1.29 is 8.78 Å². The molecule has 0 fully saturated rings. The fourth-order valence-corrected chi connectivity index (χ4v) is 3.82. The normalized spacial score (nSPS) is 11.1. The summed E-state index contributed by atoms with van der Waals surface area (Å²) in [5.41, 5.74) is 1.66. The van der Waals surface area contributed by atoms with Gasteiger partial charge in [0.25, 0.3) is 5.56 Å².